The van der Waals surface area contributed by atoms with Crippen molar-refractivity contribution in [2.75, 3.05) is 20.6 Å². The van der Waals surface area contributed by atoms with Crippen molar-refractivity contribution in [2.24, 2.45) is 4.99 Å². The summed E-state index contributed by atoms with van der Waals surface area (Å²) in [4.78, 5) is 33.9. The molecule has 0 bridgehead atoms. The van der Waals surface area contributed by atoms with Gasteiger partial charge in [-0.1, -0.05) is 18.2 Å². The molecule has 0 aliphatic rings. The largest absolute Gasteiger partial charge is 0.465 e. The van der Waals surface area contributed by atoms with Crippen LogP contribution in [0.25, 0.3) is 11.3 Å². The molecule has 0 atom stereocenters. The Morgan fingerprint density at radius 2 is 2.10 bits per heavy atom. The second-order valence-electron chi connectivity index (χ2n) is 7.16. The SMILES string of the molecule is CN(C)/C=N/c1nc(CCc2cccc(-c3ccco3)c2)cc(=O)n1CCNC(=O)O. The van der Waals surface area contributed by atoms with Gasteiger partial charge in [0.05, 0.1) is 18.3 Å². The number of aryl methyl sites for hydroxylation is 2. The van der Waals surface area contributed by atoms with Gasteiger partial charge in [-0.05, 0) is 36.6 Å². The van der Waals surface area contributed by atoms with Crippen LogP contribution >= 0.6 is 0 Å². The molecule has 0 saturated carbocycles. The maximum Gasteiger partial charge on any atom is 0.404 e. The van der Waals surface area contributed by atoms with Gasteiger partial charge in [0.2, 0.25) is 5.95 Å². The molecule has 9 heteroatoms. The number of amides is 1. The molecule has 0 fully saturated rings. The molecule has 0 aliphatic carbocycles. The predicted octanol–water partition coefficient (Wildman–Crippen LogP) is 2.78. The first-order valence-electron chi connectivity index (χ1n) is 9.83. The number of nitrogens with one attached hydrogen (secondary N) is 1. The smallest absolute Gasteiger partial charge is 0.404 e. The van der Waals surface area contributed by atoms with Crippen molar-refractivity contribution in [1.29, 1.82) is 0 Å². The molecule has 9 nitrogen and oxygen atoms in total. The third-order valence-corrected chi connectivity index (χ3v) is 4.46. The molecule has 3 aromatic rings. The van der Waals surface area contributed by atoms with Crippen LogP contribution in [-0.2, 0) is 19.4 Å². The predicted molar refractivity (Wildman–Crippen MR) is 118 cm³/mol. The average molecular weight is 423 g/mol. The van der Waals surface area contributed by atoms with Crippen LogP contribution < -0.4 is 10.9 Å². The van der Waals surface area contributed by atoms with Gasteiger partial charge in [0.25, 0.3) is 5.56 Å². The molecule has 2 N–H and O–H groups in total. The zero-order valence-corrected chi connectivity index (χ0v) is 17.5. The third-order valence-electron chi connectivity index (χ3n) is 4.46. The number of nitrogens with zero attached hydrogens (tertiary/aromatic N) is 4. The fourth-order valence-corrected chi connectivity index (χ4v) is 3.01. The highest BCUT2D eigenvalue weighted by molar-refractivity contribution is 5.64. The number of hydrogen-bond donors (Lipinski definition) is 2. The Labute approximate surface area is 179 Å². The molecule has 1 aromatic carbocycles. The van der Waals surface area contributed by atoms with Crippen molar-refractivity contribution in [1.82, 2.24) is 19.8 Å². The van der Waals surface area contributed by atoms with Gasteiger partial charge < -0.3 is 19.7 Å². The molecule has 3 rings (SSSR count). The molecular weight excluding hydrogens is 398 g/mol. The van der Waals surface area contributed by atoms with E-state index in [2.05, 4.69) is 21.4 Å². The first-order valence-corrected chi connectivity index (χ1v) is 9.83. The number of carbonyl (C=O) groups is 1. The number of aliphatic imine (C=N–C) groups is 1. The molecule has 0 aliphatic heterocycles. The van der Waals surface area contributed by atoms with E-state index in [0.717, 1.165) is 16.9 Å². The van der Waals surface area contributed by atoms with Gasteiger partial charge in [-0.25, -0.2) is 14.8 Å². The monoisotopic (exact) mass is 423 g/mol. The van der Waals surface area contributed by atoms with Gasteiger partial charge in [-0.15, -0.1) is 0 Å². The van der Waals surface area contributed by atoms with Gasteiger partial charge in [0.1, 0.15) is 5.76 Å². The molecule has 2 heterocycles. The maximum absolute atomic E-state index is 12.6. The topological polar surface area (TPSA) is 113 Å². The van der Waals surface area contributed by atoms with Crippen molar-refractivity contribution in [3.8, 4) is 11.3 Å². The fourth-order valence-electron chi connectivity index (χ4n) is 3.01. The summed E-state index contributed by atoms with van der Waals surface area (Å²) in [5, 5.41) is 11.0. The van der Waals surface area contributed by atoms with Gasteiger partial charge >= 0.3 is 6.09 Å². The first-order chi connectivity index (χ1) is 14.9. The summed E-state index contributed by atoms with van der Waals surface area (Å²) in [5.74, 6) is 1.05. The zero-order valence-electron chi connectivity index (χ0n) is 17.5. The lowest BCUT2D eigenvalue weighted by atomic mass is 10.0. The van der Waals surface area contributed by atoms with Gasteiger partial charge in [0.15, 0.2) is 0 Å². The number of aromatic nitrogens is 2. The van der Waals surface area contributed by atoms with E-state index in [0.29, 0.717) is 18.5 Å². The second kappa shape index (κ2) is 10.2. The minimum Gasteiger partial charge on any atom is -0.465 e. The Bertz CT molecular complexity index is 1100. The Kier molecular flexibility index (Phi) is 7.21. The summed E-state index contributed by atoms with van der Waals surface area (Å²) in [6, 6.07) is 13.3. The fraction of sp³-hybridized carbons (Fsp3) is 0.273. The molecule has 0 radical (unpaired) electrons. The van der Waals surface area contributed by atoms with Crippen molar-refractivity contribution in [3.63, 3.8) is 0 Å². The van der Waals surface area contributed by atoms with Crippen LogP contribution in [-0.4, -0.2) is 52.6 Å². The summed E-state index contributed by atoms with van der Waals surface area (Å²) in [7, 11) is 3.63. The van der Waals surface area contributed by atoms with E-state index in [9.17, 15) is 9.59 Å². The van der Waals surface area contributed by atoms with E-state index >= 15 is 0 Å². The Morgan fingerprint density at radius 3 is 2.81 bits per heavy atom. The zero-order chi connectivity index (χ0) is 22.2. The molecule has 1 amide bonds. The summed E-state index contributed by atoms with van der Waals surface area (Å²) in [6.45, 7) is 0.226. The maximum atomic E-state index is 12.6. The Morgan fingerprint density at radius 1 is 1.26 bits per heavy atom. The average Bonchev–Trinajstić information content (AvgIpc) is 3.27. The van der Waals surface area contributed by atoms with Crippen LogP contribution in [0.4, 0.5) is 10.7 Å². The Hall–Kier alpha value is -3.88. The van der Waals surface area contributed by atoms with Crippen LogP contribution in [0.1, 0.15) is 11.3 Å². The first kappa shape index (κ1) is 21.8. The number of furan rings is 1. The van der Waals surface area contributed by atoms with Gasteiger partial charge in [-0.3, -0.25) is 9.36 Å². The molecule has 31 heavy (non-hydrogen) atoms. The molecular formula is C22H25N5O4. The normalized spacial score (nSPS) is 11.0. The number of carboxylic acid groups (broad SMARTS) is 1. The quantitative estimate of drug-likeness (QED) is 0.404. The van der Waals surface area contributed by atoms with Crippen molar-refractivity contribution < 1.29 is 14.3 Å². The lowest BCUT2D eigenvalue weighted by Gasteiger charge is -2.11. The van der Waals surface area contributed by atoms with Crippen LogP contribution in [0.2, 0.25) is 0 Å². The highest BCUT2D eigenvalue weighted by Gasteiger charge is 2.10. The lowest BCUT2D eigenvalue weighted by Crippen LogP contribution is -2.30. The van der Waals surface area contributed by atoms with E-state index in [4.69, 9.17) is 9.52 Å². The van der Waals surface area contributed by atoms with Gasteiger partial charge in [-0.2, -0.15) is 0 Å². The highest BCUT2D eigenvalue weighted by Crippen LogP contribution is 2.21. The Balaban J connectivity index is 1.79. The van der Waals surface area contributed by atoms with Crippen molar-refractivity contribution in [3.05, 3.63) is 70.3 Å². The summed E-state index contributed by atoms with van der Waals surface area (Å²) in [6.07, 6.45) is 3.31. The minimum absolute atomic E-state index is 0.0837. The highest BCUT2D eigenvalue weighted by atomic mass is 16.4. The minimum atomic E-state index is -1.15. The molecule has 2 aromatic heterocycles. The molecule has 0 unspecified atom stereocenters. The van der Waals surface area contributed by atoms with E-state index in [1.54, 1.807) is 17.5 Å². The molecule has 0 spiro atoms. The van der Waals surface area contributed by atoms with Crippen LogP contribution in [0.3, 0.4) is 0 Å². The second-order valence-corrected chi connectivity index (χ2v) is 7.16. The standard InChI is InChI=1S/C22H25N5O4/c1-26(2)15-24-21-25-18(14-20(28)27(21)11-10-23-22(29)30)9-8-16-5-3-6-17(13-16)19-7-4-12-31-19/h3-7,12-15,23H,8-11H2,1-2H3,(H,29,30)/b24-15+. The van der Waals surface area contributed by atoms with E-state index < -0.39 is 6.09 Å². The van der Waals surface area contributed by atoms with Crippen LogP contribution in [0.5, 0.6) is 0 Å². The van der Waals surface area contributed by atoms with Crippen LogP contribution in [0.15, 0.2) is 62.9 Å². The third kappa shape index (κ3) is 6.30. The summed E-state index contributed by atoms with van der Waals surface area (Å²) < 4.78 is 6.82. The lowest BCUT2D eigenvalue weighted by molar-refractivity contribution is 0.194. The van der Waals surface area contributed by atoms with Crippen LogP contribution in [0, 0.1) is 0 Å². The summed E-state index contributed by atoms with van der Waals surface area (Å²) in [5.41, 5.74) is 2.45. The van der Waals surface area contributed by atoms with Gasteiger partial charge in [0, 0.05) is 38.8 Å². The molecule has 0 saturated heterocycles. The number of rotatable bonds is 9. The molecule has 162 valence electrons. The van der Waals surface area contributed by atoms with E-state index in [1.807, 2.05) is 44.4 Å². The van der Waals surface area contributed by atoms with Crippen molar-refractivity contribution >= 4 is 18.4 Å². The number of hydrogen-bond acceptors (Lipinski definition) is 5. The van der Waals surface area contributed by atoms with E-state index in [1.165, 1.54) is 10.6 Å². The number of benzene rings is 1. The summed E-state index contributed by atoms with van der Waals surface area (Å²) >= 11 is 0. The van der Waals surface area contributed by atoms with Crippen molar-refractivity contribution in [2.45, 2.75) is 19.4 Å². The van der Waals surface area contributed by atoms with E-state index in [-0.39, 0.29) is 24.6 Å².